The van der Waals surface area contributed by atoms with Gasteiger partial charge >= 0.3 is 0 Å². The van der Waals surface area contributed by atoms with Gasteiger partial charge in [0.1, 0.15) is 11.5 Å². The molecule has 2 aliphatic rings. The fraction of sp³-hybridized carbons (Fsp3) is 0.400. The van der Waals surface area contributed by atoms with Crippen molar-refractivity contribution < 1.29 is 4.79 Å². The zero-order valence-corrected chi connectivity index (χ0v) is 15.2. The van der Waals surface area contributed by atoms with Gasteiger partial charge in [-0.05, 0) is 35.8 Å². The topological polar surface area (TPSA) is 41.5 Å². The van der Waals surface area contributed by atoms with E-state index in [0.29, 0.717) is 0 Å². The van der Waals surface area contributed by atoms with Crippen molar-refractivity contribution in [2.45, 2.75) is 45.4 Å². The van der Waals surface area contributed by atoms with Crippen molar-refractivity contribution in [3.05, 3.63) is 51.4 Å². The van der Waals surface area contributed by atoms with Crippen LogP contribution in [0.15, 0.2) is 29.3 Å². The maximum Gasteiger partial charge on any atom is 0.246 e. The van der Waals surface area contributed by atoms with E-state index in [1.165, 1.54) is 28.0 Å². The summed E-state index contributed by atoms with van der Waals surface area (Å²) in [6, 6.07) is 8.67. The number of nitrogens with zero attached hydrogens (tertiary/aromatic N) is 1. The minimum absolute atomic E-state index is 0.0162. The highest BCUT2D eigenvalue weighted by molar-refractivity contribution is 7.17. The lowest BCUT2D eigenvalue weighted by molar-refractivity contribution is -0.114. The first-order chi connectivity index (χ1) is 11.4. The molecule has 0 saturated heterocycles. The molecule has 1 amide bonds. The van der Waals surface area contributed by atoms with Crippen LogP contribution in [0.2, 0.25) is 0 Å². The zero-order chi connectivity index (χ0) is 16.9. The highest BCUT2D eigenvalue weighted by Gasteiger charge is 2.28. The van der Waals surface area contributed by atoms with E-state index >= 15 is 0 Å². The molecule has 3 nitrogen and oxygen atoms in total. The molecule has 0 unspecified atom stereocenters. The summed E-state index contributed by atoms with van der Waals surface area (Å²) >= 11 is 1.73. The quantitative estimate of drug-likeness (QED) is 0.826. The molecule has 0 fully saturated rings. The molecule has 4 heteroatoms. The number of rotatable bonds is 1. The molecule has 0 radical (unpaired) electrons. The SMILES string of the molecule is CC(C)(C)c1ccc(C2=NCC(=O)Nc3sc4c(c32)CCC4)cc1. The predicted octanol–water partition coefficient (Wildman–Crippen LogP) is 4.32. The largest absolute Gasteiger partial charge is 0.316 e. The number of aryl methyl sites for hydroxylation is 1. The number of carbonyl (C=O) groups is 1. The Balaban J connectivity index is 1.82. The van der Waals surface area contributed by atoms with Crippen molar-refractivity contribution >= 4 is 28.0 Å². The van der Waals surface area contributed by atoms with Crippen LogP contribution >= 0.6 is 11.3 Å². The molecule has 0 spiro atoms. The summed E-state index contributed by atoms with van der Waals surface area (Å²) < 4.78 is 0. The van der Waals surface area contributed by atoms with Gasteiger partial charge in [0.2, 0.25) is 5.91 Å². The maximum atomic E-state index is 12.0. The van der Waals surface area contributed by atoms with Gasteiger partial charge in [-0.25, -0.2) is 0 Å². The monoisotopic (exact) mass is 338 g/mol. The number of hydrogen-bond acceptors (Lipinski definition) is 3. The van der Waals surface area contributed by atoms with E-state index in [9.17, 15) is 4.79 Å². The molecule has 0 bridgehead atoms. The first kappa shape index (κ1) is 15.6. The van der Waals surface area contributed by atoms with E-state index in [4.69, 9.17) is 0 Å². The Morgan fingerprint density at radius 1 is 1.12 bits per heavy atom. The van der Waals surface area contributed by atoms with Crippen LogP contribution in [-0.4, -0.2) is 18.2 Å². The Morgan fingerprint density at radius 3 is 2.58 bits per heavy atom. The van der Waals surface area contributed by atoms with Gasteiger partial charge in [0.25, 0.3) is 0 Å². The zero-order valence-electron chi connectivity index (χ0n) is 14.4. The smallest absolute Gasteiger partial charge is 0.246 e. The van der Waals surface area contributed by atoms with Gasteiger partial charge in [-0.1, -0.05) is 45.0 Å². The number of nitrogens with one attached hydrogen (secondary N) is 1. The Labute approximate surface area is 146 Å². The molecule has 124 valence electrons. The third kappa shape index (κ3) is 2.59. The average molecular weight is 338 g/mol. The van der Waals surface area contributed by atoms with Crippen molar-refractivity contribution in [1.29, 1.82) is 0 Å². The Hall–Kier alpha value is -1.94. The summed E-state index contributed by atoms with van der Waals surface area (Å²) in [5.74, 6) is -0.0162. The summed E-state index contributed by atoms with van der Waals surface area (Å²) in [7, 11) is 0. The summed E-state index contributed by atoms with van der Waals surface area (Å²) in [5.41, 5.74) is 6.09. The van der Waals surface area contributed by atoms with Gasteiger partial charge in [-0.3, -0.25) is 9.79 Å². The molecule has 1 aliphatic heterocycles. The minimum atomic E-state index is -0.0162. The van der Waals surface area contributed by atoms with Crippen molar-refractivity contribution in [3.63, 3.8) is 0 Å². The summed E-state index contributed by atoms with van der Waals surface area (Å²) in [6.45, 7) is 6.86. The van der Waals surface area contributed by atoms with Crippen LogP contribution in [0.3, 0.4) is 0 Å². The van der Waals surface area contributed by atoms with Crippen LogP contribution in [0, 0.1) is 0 Å². The van der Waals surface area contributed by atoms with Gasteiger partial charge in [0.05, 0.1) is 5.71 Å². The number of benzene rings is 1. The molecule has 24 heavy (non-hydrogen) atoms. The molecule has 2 heterocycles. The molecule has 1 aliphatic carbocycles. The van der Waals surface area contributed by atoms with Crippen molar-refractivity contribution in [1.82, 2.24) is 0 Å². The van der Waals surface area contributed by atoms with Gasteiger partial charge in [-0.15, -0.1) is 11.3 Å². The predicted molar refractivity (Wildman–Crippen MR) is 101 cm³/mol. The van der Waals surface area contributed by atoms with Gasteiger partial charge in [-0.2, -0.15) is 0 Å². The third-order valence-corrected chi connectivity index (χ3v) is 6.02. The standard InChI is InChI=1S/C20H22N2OS/c1-20(2,3)13-9-7-12(8-10-13)18-17-14-5-4-6-15(14)24-19(17)22-16(23)11-21-18/h7-10H,4-6,11H2,1-3H3,(H,22,23). The van der Waals surface area contributed by atoms with Crippen LogP contribution in [0.4, 0.5) is 5.00 Å². The first-order valence-corrected chi connectivity index (χ1v) is 9.35. The van der Waals surface area contributed by atoms with E-state index in [-0.39, 0.29) is 17.9 Å². The first-order valence-electron chi connectivity index (χ1n) is 8.53. The van der Waals surface area contributed by atoms with Crippen LogP contribution in [0.5, 0.6) is 0 Å². The van der Waals surface area contributed by atoms with Crippen LogP contribution in [0.1, 0.15) is 54.3 Å². The van der Waals surface area contributed by atoms with Crippen molar-refractivity contribution in [2.24, 2.45) is 4.99 Å². The maximum absolute atomic E-state index is 12.0. The van der Waals surface area contributed by atoms with Crippen molar-refractivity contribution in [2.75, 3.05) is 11.9 Å². The molecule has 4 rings (SSSR count). The molecular formula is C20H22N2OS. The van der Waals surface area contributed by atoms with Gasteiger partial charge in [0.15, 0.2) is 0 Å². The van der Waals surface area contributed by atoms with Crippen LogP contribution in [-0.2, 0) is 23.1 Å². The average Bonchev–Trinajstić information content (AvgIpc) is 3.05. The third-order valence-electron chi connectivity index (χ3n) is 4.82. The van der Waals surface area contributed by atoms with Crippen molar-refractivity contribution in [3.8, 4) is 0 Å². The normalized spacial score (nSPS) is 17.0. The fourth-order valence-electron chi connectivity index (χ4n) is 3.50. The summed E-state index contributed by atoms with van der Waals surface area (Å²) in [5, 5.41) is 4.04. The Kier molecular flexibility index (Phi) is 3.61. The molecule has 1 aromatic heterocycles. The molecular weight excluding hydrogens is 316 g/mol. The van der Waals surface area contributed by atoms with Crippen LogP contribution < -0.4 is 5.32 Å². The number of hydrogen-bond donors (Lipinski definition) is 1. The second kappa shape index (κ2) is 5.55. The molecule has 1 N–H and O–H groups in total. The molecule has 2 aromatic rings. The minimum Gasteiger partial charge on any atom is -0.316 e. The number of anilines is 1. The second-order valence-corrected chi connectivity index (χ2v) is 8.71. The lowest BCUT2D eigenvalue weighted by Gasteiger charge is -2.19. The Bertz CT molecular complexity index is 838. The van der Waals surface area contributed by atoms with E-state index in [1.54, 1.807) is 11.3 Å². The van der Waals surface area contributed by atoms with E-state index < -0.39 is 0 Å². The lowest BCUT2D eigenvalue weighted by Crippen LogP contribution is -2.12. The number of thiophene rings is 1. The van der Waals surface area contributed by atoms with Crippen LogP contribution in [0.25, 0.3) is 0 Å². The van der Waals surface area contributed by atoms with E-state index in [2.05, 4.69) is 55.3 Å². The highest BCUT2D eigenvalue weighted by Crippen LogP contribution is 2.41. The molecule has 0 atom stereocenters. The number of fused-ring (bicyclic) bond motifs is 3. The summed E-state index contributed by atoms with van der Waals surface area (Å²) in [4.78, 5) is 18.1. The van der Waals surface area contributed by atoms with Gasteiger partial charge in [0, 0.05) is 16.0 Å². The highest BCUT2D eigenvalue weighted by atomic mass is 32.1. The number of carbonyl (C=O) groups excluding carboxylic acids is 1. The Morgan fingerprint density at radius 2 is 1.88 bits per heavy atom. The fourth-order valence-corrected chi connectivity index (χ4v) is 4.81. The molecule has 0 saturated carbocycles. The van der Waals surface area contributed by atoms with Gasteiger partial charge < -0.3 is 5.32 Å². The lowest BCUT2D eigenvalue weighted by atomic mass is 9.86. The molecule has 1 aromatic carbocycles. The van der Waals surface area contributed by atoms with E-state index in [0.717, 1.165) is 29.1 Å². The number of amides is 1. The second-order valence-electron chi connectivity index (χ2n) is 7.60. The van der Waals surface area contributed by atoms with E-state index in [1.807, 2.05) is 0 Å². The number of aliphatic imine (C=N–C) groups is 1. The summed E-state index contributed by atoms with van der Waals surface area (Å²) in [6.07, 6.45) is 3.42.